The van der Waals surface area contributed by atoms with Gasteiger partial charge in [0, 0.05) is 18.3 Å². The van der Waals surface area contributed by atoms with E-state index in [-0.39, 0.29) is 29.7 Å². The summed E-state index contributed by atoms with van der Waals surface area (Å²) < 4.78 is 15.5. The van der Waals surface area contributed by atoms with Gasteiger partial charge < -0.3 is 5.32 Å². The fourth-order valence-electron chi connectivity index (χ4n) is 3.03. The number of rotatable bonds is 4. The fraction of sp³-hybridized carbons (Fsp3) is 0.444. The van der Waals surface area contributed by atoms with Crippen molar-refractivity contribution in [3.63, 3.8) is 0 Å². The molecule has 5 heteroatoms. The Hall–Kier alpha value is -2.17. The van der Waals surface area contributed by atoms with Gasteiger partial charge >= 0.3 is 0 Å². The molecule has 23 heavy (non-hydrogen) atoms. The Labute approximate surface area is 135 Å². The summed E-state index contributed by atoms with van der Waals surface area (Å²) in [6, 6.07) is 7.21. The highest BCUT2D eigenvalue weighted by Crippen LogP contribution is 2.38. The lowest BCUT2D eigenvalue weighted by Gasteiger charge is -2.36. The Morgan fingerprint density at radius 3 is 2.65 bits per heavy atom. The van der Waals surface area contributed by atoms with E-state index in [0.717, 1.165) is 24.1 Å². The Morgan fingerprint density at radius 2 is 2.04 bits per heavy atom. The molecule has 122 valence electrons. The number of nitrogens with one attached hydrogen (secondary N) is 1. The van der Waals surface area contributed by atoms with Crippen molar-refractivity contribution < 1.29 is 9.18 Å². The second-order valence-electron chi connectivity index (χ2n) is 6.56. The fourth-order valence-corrected chi connectivity index (χ4v) is 3.03. The van der Waals surface area contributed by atoms with Crippen LogP contribution in [0.1, 0.15) is 60.3 Å². The van der Waals surface area contributed by atoms with Crippen molar-refractivity contribution in [2.45, 2.75) is 51.6 Å². The molecule has 1 aliphatic carbocycles. The summed E-state index contributed by atoms with van der Waals surface area (Å²) >= 11 is 0. The number of carbonyl (C=O) groups is 1. The molecule has 2 aromatic rings. The average molecular weight is 315 g/mol. The summed E-state index contributed by atoms with van der Waals surface area (Å²) in [4.78, 5) is 12.4. The smallest absolute Gasteiger partial charge is 0.254 e. The summed E-state index contributed by atoms with van der Waals surface area (Å²) in [6.07, 6.45) is 3.36. The van der Waals surface area contributed by atoms with Crippen molar-refractivity contribution in [1.29, 1.82) is 0 Å². The van der Waals surface area contributed by atoms with Crippen molar-refractivity contribution in [2.24, 2.45) is 0 Å². The minimum atomic E-state index is -0.156. The molecule has 1 heterocycles. The third-order valence-electron chi connectivity index (χ3n) is 4.51. The molecule has 4 nitrogen and oxygen atoms in total. The number of benzene rings is 1. The molecule has 0 saturated heterocycles. The Bertz CT molecular complexity index is 717. The van der Waals surface area contributed by atoms with Gasteiger partial charge in [-0.2, -0.15) is 5.10 Å². The SMILES string of the molecule is Cc1nn(C(C)C)cc1C(=O)NC1CC(c2ccccc2F)C1. The summed E-state index contributed by atoms with van der Waals surface area (Å²) in [7, 11) is 0. The Kier molecular flexibility index (Phi) is 4.20. The predicted octanol–water partition coefficient (Wildman–Crippen LogP) is 3.59. The molecule has 3 rings (SSSR count). The quantitative estimate of drug-likeness (QED) is 0.937. The van der Waals surface area contributed by atoms with Gasteiger partial charge in [-0.15, -0.1) is 0 Å². The monoisotopic (exact) mass is 315 g/mol. The first-order valence-corrected chi connectivity index (χ1v) is 8.06. The van der Waals surface area contributed by atoms with Gasteiger partial charge in [-0.25, -0.2) is 4.39 Å². The molecule has 1 aliphatic rings. The topological polar surface area (TPSA) is 46.9 Å². The van der Waals surface area contributed by atoms with Gasteiger partial charge in [-0.3, -0.25) is 9.48 Å². The standard InChI is InChI=1S/C18H22FN3O/c1-11(2)22-10-16(12(3)21-22)18(23)20-14-8-13(9-14)15-6-4-5-7-17(15)19/h4-7,10-11,13-14H,8-9H2,1-3H3,(H,20,23). The van der Waals surface area contributed by atoms with Gasteiger partial charge in [0.15, 0.2) is 0 Å². The minimum absolute atomic E-state index is 0.0913. The lowest BCUT2D eigenvalue weighted by atomic mass is 9.75. The van der Waals surface area contributed by atoms with E-state index in [2.05, 4.69) is 10.4 Å². The maximum absolute atomic E-state index is 13.7. The number of nitrogens with zero attached hydrogens (tertiary/aromatic N) is 2. The van der Waals surface area contributed by atoms with E-state index in [0.29, 0.717) is 5.56 Å². The van der Waals surface area contributed by atoms with Gasteiger partial charge in [-0.05, 0) is 51.2 Å². The minimum Gasteiger partial charge on any atom is -0.349 e. The van der Waals surface area contributed by atoms with Crippen molar-refractivity contribution >= 4 is 5.91 Å². The van der Waals surface area contributed by atoms with E-state index in [9.17, 15) is 9.18 Å². The molecule has 1 saturated carbocycles. The van der Waals surface area contributed by atoms with Crippen LogP contribution in [-0.2, 0) is 0 Å². The van der Waals surface area contributed by atoms with E-state index in [1.807, 2.05) is 32.9 Å². The normalized spacial score (nSPS) is 20.4. The van der Waals surface area contributed by atoms with Gasteiger partial charge in [0.2, 0.25) is 0 Å². The zero-order valence-electron chi connectivity index (χ0n) is 13.7. The van der Waals surface area contributed by atoms with Crippen molar-refractivity contribution in [3.05, 3.63) is 53.1 Å². The van der Waals surface area contributed by atoms with E-state index in [1.54, 1.807) is 16.9 Å². The molecule has 1 N–H and O–H groups in total. The van der Waals surface area contributed by atoms with Crippen LogP contribution in [0.15, 0.2) is 30.5 Å². The number of aryl methyl sites for hydroxylation is 1. The molecule has 0 spiro atoms. The molecular formula is C18H22FN3O. The molecule has 0 bridgehead atoms. The first kappa shape index (κ1) is 15.7. The highest BCUT2D eigenvalue weighted by molar-refractivity contribution is 5.95. The van der Waals surface area contributed by atoms with Crippen LogP contribution in [0, 0.1) is 12.7 Å². The zero-order valence-corrected chi connectivity index (χ0v) is 13.7. The maximum atomic E-state index is 13.7. The molecule has 0 aliphatic heterocycles. The van der Waals surface area contributed by atoms with Crippen molar-refractivity contribution in [1.82, 2.24) is 15.1 Å². The first-order valence-electron chi connectivity index (χ1n) is 8.06. The first-order chi connectivity index (χ1) is 11.0. The summed E-state index contributed by atoms with van der Waals surface area (Å²) in [6.45, 7) is 5.90. The molecule has 1 aromatic heterocycles. The number of amides is 1. The number of hydrogen-bond donors (Lipinski definition) is 1. The molecule has 0 unspecified atom stereocenters. The zero-order chi connectivity index (χ0) is 16.6. The van der Waals surface area contributed by atoms with E-state index in [4.69, 9.17) is 0 Å². The van der Waals surface area contributed by atoms with Gasteiger partial charge in [0.1, 0.15) is 5.82 Å². The highest BCUT2D eigenvalue weighted by Gasteiger charge is 2.33. The number of halogens is 1. The average Bonchev–Trinajstić information content (AvgIpc) is 2.86. The number of hydrogen-bond acceptors (Lipinski definition) is 2. The highest BCUT2D eigenvalue weighted by atomic mass is 19.1. The number of aromatic nitrogens is 2. The molecular weight excluding hydrogens is 293 g/mol. The molecule has 0 atom stereocenters. The van der Waals surface area contributed by atoms with Crippen LogP contribution in [0.25, 0.3) is 0 Å². The summed E-state index contributed by atoms with van der Waals surface area (Å²) in [5, 5.41) is 7.39. The van der Waals surface area contributed by atoms with Crippen LogP contribution in [0.5, 0.6) is 0 Å². The van der Waals surface area contributed by atoms with Crippen LogP contribution >= 0.6 is 0 Å². The second-order valence-corrected chi connectivity index (χ2v) is 6.56. The predicted molar refractivity (Wildman–Crippen MR) is 87.0 cm³/mol. The van der Waals surface area contributed by atoms with Gasteiger partial charge in [-0.1, -0.05) is 18.2 Å². The van der Waals surface area contributed by atoms with Crippen LogP contribution in [0.3, 0.4) is 0 Å². The Morgan fingerprint density at radius 1 is 1.35 bits per heavy atom. The maximum Gasteiger partial charge on any atom is 0.254 e. The van der Waals surface area contributed by atoms with E-state index < -0.39 is 0 Å². The van der Waals surface area contributed by atoms with E-state index in [1.165, 1.54) is 6.07 Å². The lowest BCUT2D eigenvalue weighted by molar-refractivity contribution is 0.0907. The third kappa shape index (κ3) is 3.14. The lowest BCUT2D eigenvalue weighted by Crippen LogP contribution is -2.43. The van der Waals surface area contributed by atoms with Gasteiger partial charge in [0.25, 0.3) is 5.91 Å². The molecule has 1 aromatic carbocycles. The summed E-state index contributed by atoms with van der Waals surface area (Å²) in [5.74, 6) is -0.0521. The number of carbonyl (C=O) groups excluding carboxylic acids is 1. The van der Waals surface area contributed by atoms with Crippen LogP contribution in [0.2, 0.25) is 0 Å². The second kappa shape index (κ2) is 6.14. The van der Waals surface area contributed by atoms with Crippen molar-refractivity contribution in [3.8, 4) is 0 Å². The van der Waals surface area contributed by atoms with Crippen molar-refractivity contribution in [2.75, 3.05) is 0 Å². The summed E-state index contributed by atoms with van der Waals surface area (Å²) in [5.41, 5.74) is 2.11. The van der Waals surface area contributed by atoms with Gasteiger partial charge in [0.05, 0.1) is 11.3 Å². The third-order valence-corrected chi connectivity index (χ3v) is 4.51. The Balaban J connectivity index is 1.60. The molecule has 1 amide bonds. The van der Waals surface area contributed by atoms with Crippen LogP contribution in [-0.4, -0.2) is 21.7 Å². The molecule has 1 fully saturated rings. The largest absolute Gasteiger partial charge is 0.349 e. The van der Waals surface area contributed by atoms with E-state index >= 15 is 0 Å². The van der Waals surface area contributed by atoms with Crippen LogP contribution < -0.4 is 5.32 Å². The molecule has 0 radical (unpaired) electrons. The van der Waals surface area contributed by atoms with Crippen LogP contribution in [0.4, 0.5) is 4.39 Å².